The summed E-state index contributed by atoms with van der Waals surface area (Å²) < 4.78 is 1.77. The Morgan fingerprint density at radius 2 is 1.05 bits per heavy atom. The van der Waals surface area contributed by atoms with Crippen molar-refractivity contribution in [2.75, 3.05) is 4.90 Å². The van der Waals surface area contributed by atoms with Gasteiger partial charge in [0, 0.05) is 0 Å². The second-order valence-corrected chi connectivity index (χ2v) is 11.1. The third-order valence-electron chi connectivity index (χ3n) is 9.01. The molecule has 0 aliphatic carbocycles. The third-order valence-corrected chi connectivity index (χ3v) is 9.01. The number of benzene rings is 6. The van der Waals surface area contributed by atoms with Gasteiger partial charge in [0.1, 0.15) is 0 Å². The number of nitrogens with zero attached hydrogens (tertiary/aromatic N) is 3. The molecule has 0 radical (unpaired) electrons. The Labute approximate surface area is 249 Å². The van der Waals surface area contributed by atoms with Crippen LogP contribution in [0.2, 0.25) is 0 Å². The van der Waals surface area contributed by atoms with E-state index in [2.05, 4.69) is 120 Å². The zero-order chi connectivity index (χ0) is 28.5. The van der Waals surface area contributed by atoms with Crippen molar-refractivity contribution in [2.24, 2.45) is 0 Å². The largest absolute Gasteiger partial charge is 0.309 e. The highest BCUT2D eigenvalue weighted by Gasteiger charge is 2.47. The number of carbonyl (C=O) groups is 1. The lowest BCUT2D eigenvalue weighted by molar-refractivity contribution is 0.0973. The highest BCUT2D eigenvalue weighted by molar-refractivity contribution is 6.16. The number of hydrogen-bond donors (Lipinski definition) is 0. The molecule has 0 saturated carbocycles. The van der Waals surface area contributed by atoms with Gasteiger partial charge < -0.3 is 4.90 Å². The van der Waals surface area contributed by atoms with E-state index in [1.54, 1.807) is 4.57 Å². The zero-order valence-electron chi connectivity index (χ0n) is 23.2. The number of hydrogen-bond acceptors (Lipinski definition) is 3. The molecule has 43 heavy (non-hydrogen) atoms. The summed E-state index contributed by atoms with van der Waals surface area (Å²) in [5.41, 5.74) is 10.5. The maximum absolute atomic E-state index is 13.9. The van der Waals surface area contributed by atoms with Gasteiger partial charge in [0.2, 0.25) is 0 Å². The van der Waals surface area contributed by atoms with Gasteiger partial charge in [-0.25, -0.2) is 4.98 Å². The molecule has 0 saturated heterocycles. The monoisotopic (exact) mass is 551 g/mol. The molecule has 0 unspecified atom stereocenters. The fraction of sp³-hybridized carbons (Fsp3) is 0.0256. The molecule has 1 aromatic heterocycles. The molecule has 4 nitrogen and oxygen atoms in total. The van der Waals surface area contributed by atoms with Crippen LogP contribution in [0.4, 0.5) is 17.1 Å². The molecule has 0 fully saturated rings. The van der Waals surface area contributed by atoms with E-state index in [1.807, 2.05) is 36.4 Å². The maximum Gasteiger partial charge on any atom is 0.264 e. The molecule has 6 aromatic carbocycles. The van der Waals surface area contributed by atoms with Crippen LogP contribution in [0.15, 0.2) is 152 Å². The van der Waals surface area contributed by atoms with Crippen molar-refractivity contribution in [1.29, 1.82) is 0 Å². The van der Waals surface area contributed by atoms with Gasteiger partial charge in [-0.3, -0.25) is 9.36 Å². The summed E-state index contributed by atoms with van der Waals surface area (Å²) >= 11 is 0. The summed E-state index contributed by atoms with van der Waals surface area (Å²) in [6.07, 6.45) is 0. The Morgan fingerprint density at radius 3 is 1.70 bits per heavy atom. The van der Waals surface area contributed by atoms with E-state index in [-0.39, 0.29) is 5.91 Å². The van der Waals surface area contributed by atoms with Crippen LogP contribution in [0.3, 0.4) is 0 Å². The molecule has 3 heterocycles. The van der Waals surface area contributed by atoms with E-state index in [1.165, 1.54) is 22.3 Å². The summed E-state index contributed by atoms with van der Waals surface area (Å²) in [5, 5.41) is 0. The van der Waals surface area contributed by atoms with Crippen LogP contribution < -0.4 is 4.90 Å². The van der Waals surface area contributed by atoms with Crippen molar-refractivity contribution >= 4 is 34.0 Å². The van der Waals surface area contributed by atoms with Crippen molar-refractivity contribution in [3.8, 4) is 11.4 Å². The normalized spacial score (nSPS) is 14.2. The summed E-state index contributed by atoms with van der Waals surface area (Å²) in [6, 6.07) is 52.8. The highest BCUT2D eigenvalue weighted by Crippen LogP contribution is 2.59. The van der Waals surface area contributed by atoms with E-state index in [4.69, 9.17) is 4.98 Å². The lowest BCUT2D eigenvalue weighted by atomic mass is 9.62. The predicted molar refractivity (Wildman–Crippen MR) is 171 cm³/mol. The topological polar surface area (TPSA) is 38.1 Å². The minimum Gasteiger partial charge on any atom is -0.309 e. The van der Waals surface area contributed by atoms with Crippen LogP contribution in [0, 0.1) is 0 Å². The van der Waals surface area contributed by atoms with E-state index in [0.717, 1.165) is 33.7 Å². The van der Waals surface area contributed by atoms with Gasteiger partial charge in [0.15, 0.2) is 5.82 Å². The van der Waals surface area contributed by atoms with E-state index in [9.17, 15) is 4.79 Å². The fourth-order valence-electron chi connectivity index (χ4n) is 7.33. The number of fused-ring (bicyclic) bond motifs is 7. The Balaban J connectivity index is 1.39. The molecular weight excluding hydrogens is 526 g/mol. The molecule has 4 heteroatoms. The van der Waals surface area contributed by atoms with Gasteiger partial charge in [-0.1, -0.05) is 115 Å². The van der Waals surface area contributed by atoms with E-state index in [0.29, 0.717) is 11.4 Å². The molecule has 0 bridgehead atoms. The van der Waals surface area contributed by atoms with E-state index >= 15 is 0 Å². The van der Waals surface area contributed by atoms with Crippen molar-refractivity contribution in [3.63, 3.8) is 0 Å². The molecule has 2 aliphatic heterocycles. The number of aromatic nitrogens is 2. The Morgan fingerprint density at radius 1 is 0.512 bits per heavy atom. The minimum absolute atomic E-state index is 0.0398. The average Bonchev–Trinajstić information content (AvgIpc) is 3.59. The summed E-state index contributed by atoms with van der Waals surface area (Å²) in [5.74, 6) is 0.650. The number of para-hydroxylation sites is 4. The average molecular weight is 552 g/mol. The lowest BCUT2D eigenvalue weighted by Gasteiger charge is -2.46. The van der Waals surface area contributed by atoms with Crippen LogP contribution in [-0.4, -0.2) is 15.5 Å². The first kappa shape index (κ1) is 23.9. The van der Waals surface area contributed by atoms with Gasteiger partial charge >= 0.3 is 0 Å². The lowest BCUT2D eigenvalue weighted by Crippen LogP contribution is -2.37. The Bertz CT molecular complexity index is 2130. The van der Waals surface area contributed by atoms with Crippen LogP contribution in [0.1, 0.15) is 32.6 Å². The summed E-state index contributed by atoms with van der Waals surface area (Å²) in [7, 11) is 0. The molecule has 0 atom stereocenters. The second kappa shape index (κ2) is 8.88. The Hall–Kier alpha value is -5.74. The van der Waals surface area contributed by atoms with Crippen molar-refractivity contribution < 1.29 is 4.79 Å². The zero-order valence-corrected chi connectivity index (χ0v) is 23.2. The van der Waals surface area contributed by atoms with Gasteiger partial charge in [0.05, 0.1) is 44.6 Å². The third kappa shape index (κ3) is 3.10. The number of carbonyl (C=O) groups excluding carboxylic acids is 1. The first-order valence-electron chi connectivity index (χ1n) is 14.5. The minimum atomic E-state index is -0.548. The fourth-order valence-corrected chi connectivity index (χ4v) is 7.33. The van der Waals surface area contributed by atoms with Crippen LogP contribution in [0.25, 0.3) is 22.4 Å². The number of anilines is 3. The first-order valence-corrected chi connectivity index (χ1v) is 14.5. The van der Waals surface area contributed by atoms with Crippen molar-refractivity contribution in [1.82, 2.24) is 9.55 Å². The number of rotatable bonds is 3. The standard InChI is InChI=1S/C39H25N3O/c43-38-28-18-13-25-35(36(28)37-40-31-21-9-12-24-34(31)42(37)38)41-32-22-10-7-19-29(32)39(26-14-3-1-4-15-26,27-16-5-2-6-17-27)30-20-8-11-23-33(30)41/h1-25H. The van der Waals surface area contributed by atoms with E-state index < -0.39 is 5.41 Å². The van der Waals surface area contributed by atoms with Crippen molar-refractivity contribution in [2.45, 2.75) is 5.41 Å². The maximum atomic E-state index is 13.9. The molecule has 0 spiro atoms. The molecular formula is C39H25N3O. The summed E-state index contributed by atoms with van der Waals surface area (Å²) in [6.45, 7) is 0. The predicted octanol–water partition coefficient (Wildman–Crippen LogP) is 8.87. The van der Waals surface area contributed by atoms with Gasteiger partial charge in [-0.15, -0.1) is 0 Å². The smallest absolute Gasteiger partial charge is 0.264 e. The molecule has 0 amide bonds. The van der Waals surface area contributed by atoms with Crippen molar-refractivity contribution in [3.05, 3.63) is 179 Å². The second-order valence-electron chi connectivity index (χ2n) is 11.1. The quantitative estimate of drug-likeness (QED) is 0.220. The molecule has 0 N–H and O–H groups in total. The molecule has 9 rings (SSSR count). The van der Waals surface area contributed by atoms with Gasteiger partial charge in [-0.2, -0.15) is 0 Å². The van der Waals surface area contributed by atoms with Crippen LogP contribution in [-0.2, 0) is 5.41 Å². The number of imidazole rings is 1. The van der Waals surface area contributed by atoms with Gasteiger partial charge in [0.25, 0.3) is 5.91 Å². The molecule has 2 aliphatic rings. The SMILES string of the molecule is O=C1c2cccc(N3c4ccccc4C(c4ccccc4)(c4ccccc4)c4ccccc43)c2-c2nc3ccccc3n21. The van der Waals surface area contributed by atoms with Crippen LogP contribution >= 0.6 is 0 Å². The van der Waals surface area contributed by atoms with Gasteiger partial charge in [-0.05, 0) is 58.7 Å². The molecule has 7 aromatic rings. The highest BCUT2D eigenvalue weighted by atomic mass is 16.2. The Kier molecular flexibility index (Phi) is 4.94. The first-order chi connectivity index (χ1) is 21.3. The summed E-state index contributed by atoms with van der Waals surface area (Å²) in [4.78, 5) is 21.2. The molecule has 202 valence electrons. The van der Waals surface area contributed by atoms with Crippen LogP contribution in [0.5, 0.6) is 0 Å².